The van der Waals surface area contributed by atoms with Gasteiger partial charge in [-0.1, -0.05) is 54.2 Å². The van der Waals surface area contributed by atoms with E-state index in [9.17, 15) is 9.50 Å². The van der Waals surface area contributed by atoms with Crippen molar-refractivity contribution >= 4 is 11.8 Å². The number of rotatable bonds is 6. The van der Waals surface area contributed by atoms with Crippen LogP contribution >= 0.6 is 11.8 Å². The van der Waals surface area contributed by atoms with Gasteiger partial charge in [-0.15, -0.1) is 0 Å². The molecule has 2 aromatic carbocycles. The molecule has 124 valence electrons. The molecule has 0 aliphatic rings. The van der Waals surface area contributed by atoms with Crippen LogP contribution in [0.3, 0.4) is 0 Å². The second-order valence-electron chi connectivity index (χ2n) is 5.60. The fourth-order valence-electron chi connectivity index (χ4n) is 2.47. The summed E-state index contributed by atoms with van der Waals surface area (Å²) in [4.78, 5) is 4.51. The molecule has 3 aromatic rings. The van der Waals surface area contributed by atoms with E-state index < -0.39 is 0 Å². The quantitative estimate of drug-likeness (QED) is 0.674. The molecule has 0 radical (unpaired) electrons. The number of imidazole rings is 1. The van der Waals surface area contributed by atoms with Gasteiger partial charge in [-0.25, -0.2) is 9.37 Å². The number of thioether (sulfide) groups is 1. The molecule has 1 N–H and O–H groups in total. The van der Waals surface area contributed by atoms with Crippen LogP contribution < -0.4 is 0 Å². The van der Waals surface area contributed by atoms with E-state index in [-0.39, 0.29) is 17.7 Å². The fourth-order valence-corrected chi connectivity index (χ4v) is 3.50. The molecular weight excluding hydrogens is 323 g/mol. The largest absolute Gasteiger partial charge is 0.390 e. The minimum absolute atomic E-state index is 0.0936. The normalized spacial score (nSPS) is 12.3. The number of aliphatic hydroxyl groups excluding tert-OH is 1. The first kappa shape index (κ1) is 16.7. The Hall–Kier alpha value is -2.11. The summed E-state index contributed by atoms with van der Waals surface area (Å²) in [5.74, 6) is -0.243. The highest BCUT2D eigenvalue weighted by molar-refractivity contribution is 7.99. The van der Waals surface area contributed by atoms with Crippen molar-refractivity contribution in [2.24, 2.45) is 0 Å². The Balaban J connectivity index is 1.82. The van der Waals surface area contributed by atoms with Gasteiger partial charge >= 0.3 is 0 Å². The van der Waals surface area contributed by atoms with Crippen LogP contribution in [0.4, 0.5) is 4.39 Å². The zero-order valence-electron chi connectivity index (χ0n) is 13.4. The fraction of sp³-hybridized carbons (Fsp3) is 0.211. The Kier molecular flexibility index (Phi) is 5.33. The molecule has 5 heteroatoms. The van der Waals surface area contributed by atoms with E-state index in [1.807, 2.05) is 29.0 Å². The van der Waals surface area contributed by atoms with Gasteiger partial charge in [0.25, 0.3) is 0 Å². The van der Waals surface area contributed by atoms with Crippen molar-refractivity contribution in [1.29, 1.82) is 0 Å². The van der Waals surface area contributed by atoms with Crippen molar-refractivity contribution in [3.63, 3.8) is 0 Å². The minimum Gasteiger partial charge on any atom is -0.390 e. The van der Waals surface area contributed by atoms with Crippen molar-refractivity contribution in [1.82, 2.24) is 9.55 Å². The van der Waals surface area contributed by atoms with Gasteiger partial charge in [0.2, 0.25) is 0 Å². The maximum Gasteiger partial charge on any atom is 0.169 e. The summed E-state index contributed by atoms with van der Waals surface area (Å²) in [5.41, 5.74) is 2.86. The molecular formula is C19H19FN2OS. The van der Waals surface area contributed by atoms with E-state index in [0.29, 0.717) is 12.2 Å². The van der Waals surface area contributed by atoms with Gasteiger partial charge in [-0.05, 0) is 30.2 Å². The molecule has 3 nitrogen and oxygen atoms in total. The summed E-state index contributed by atoms with van der Waals surface area (Å²) < 4.78 is 15.1. The second-order valence-corrected chi connectivity index (χ2v) is 6.91. The van der Waals surface area contributed by atoms with Gasteiger partial charge in [-0.2, -0.15) is 0 Å². The van der Waals surface area contributed by atoms with Gasteiger partial charge in [0.05, 0.1) is 12.3 Å². The Morgan fingerprint density at radius 2 is 1.83 bits per heavy atom. The average Bonchev–Trinajstić information content (AvgIpc) is 2.99. The maximum absolute atomic E-state index is 13.1. The van der Waals surface area contributed by atoms with Crippen molar-refractivity contribution in [3.05, 3.63) is 83.4 Å². The number of hydrogen-bond donors (Lipinski definition) is 1. The van der Waals surface area contributed by atoms with Gasteiger partial charge in [0, 0.05) is 18.0 Å². The Labute approximate surface area is 145 Å². The maximum atomic E-state index is 13.1. The highest BCUT2D eigenvalue weighted by atomic mass is 32.2. The predicted molar refractivity (Wildman–Crippen MR) is 94.4 cm³/mol. The van der Waals surface area contributed by atoms with Crippen LogP contribution in [0.15, 0.2) is 66.0 Å². The number of nitrogens with zero attached hydrogens (tertiary/aromatic N) is 2. The van der Waals surface area contributed by atoms with Crippen LogP contribution in [0.25, 0.3) is 0 Å². The lowest BCUT2D eigenvalue weighted by atomic mass is 10.2. The van der Waals surface area contributed by atoms with Crippen LogP contribution in [0.5, 0.6) is 0 Å². The number of aromatic nitrogens is 2. The van der Waals surface area contributed by atoms with E-state index in [2.05, 4.69) is 24.0 Å². The van der Waals surface area contributed by atoms with Gasteiger partial charge in [-0.3, -0.25) is 0 Å². The first-order valence-electron chi connectivity index (χ1n) is 7.78. The zero-order chi connectivity index (χ0) is 16.9. The van der Waals surface area contributed by atoms with E-state index in [1.165, 1.54) is 17.7 Å². The predicted octanol–water partition coefficient (Wildman–Crippen LogP) is 4.42. The third-order valence-corrected chi connectivity index (χ3v) is 4.93. The summed E-state index contributed by atoms with van der Waals surface area (Å²) in [5, 5.41) is 10.5. The van der Waals surface area contributed by atoms with E-state index in [1.54, 1.807) is 23.9 Å². The molecule has 0 aliphatic carbocycles. The zero-order valence-corrected chi connectivity index (χ0v) is 14.2. The average molecular weight is 342 g/mol. The number of halogens is 1. The third kappa shape index (κ3) is 4.04. The highest BCUT2D eigenvalue weighted by Crippen LogP contribution is 2.34. The van der Waals surface area contributed by atoms with E-state index in [4.69, 9.17) is 0 Å². The number of benzene rings is 2. The second kappa shape index (κ2) is 7.64. The summed E-state index contributed by atoms with van der Waals surface area (Å²) in [6.45, 7) is 2.64. The molecule has 0 bridgehead atoms. The molecule has 1 unspecified atom stereocenters. The smallest absolute Gasteiger partial charge is 0.169 e. The lowest BCUT2D eigenvalue weighted by molar-refractivity contribution is 0.277. The van der Waals surface area contributed by atoms with Crippen molar-refractivity contribution in [2.45, 2.75) is 30.5 Å². The lowest BCUT2D eigenvalue weighted by Crippen LogP contribution is -2.01. The molecule has 0 saturated carbocycles. The third-order valence-electron chi connectivity index (χ3n) is 3.77. The van der Waals surface area contributed by atoms with Crippen molar-refractivity contribution in [3.8, 4) is 0 Å². The molecule has 0 saturated heterocycles. The molecule has 1 heterocycles. The van der Waals surface area contributed by atoms with Crippen molar-refractivity contribution < 1.29 is 9.50 Å². The molecule has 1 atom stereocenters. The first-order valence-corrected chi connectivity index (χ1v) is 8.66. The minimum atomic E-state index is -0.243. The van der Waals surface area contributed by atoms with Gasteiger partial charge in [0.15, 0.2) is 5.16 Å². The molecule has 0 amide bonds. The van der Waals surface area contributed by atoms with Crippen molar-refractivity contribution in [2.75, 3.05) is 0 Å². The topological polar surface area (TPSA) is 38.1 Å². The summed E-state index contributed by atoms with van der Waals surface area (Å²) >= 11 is 1.65. The monoisotopic (exact) mass is 342 g/mol. The molecule has 0 aliphatic heterocycles. The van der Waals surface area contributed by atoms with Gasteiger partial charge in [0.1, 0.15) is 5.82 Å². The molecule has 0 fully saturated rings. The molecule has 3 rings (SSSR count). The molecule has 24 heavy (non-hydrogen) atoms. The SMILES string of the molecule is CC(Sc1nc(CO)cn1Cc1ccc(F)cc1)c1ccccc1. The Morgan fingerprint density at radius 3 is 2.50 bits per heavy atom. The lowest BCUT2D eigenvalue weighted by Gasteiger charge is -2.13. The summed E-state index contributed by atoms with van der Waals surface area (Å²) in [6.07, 6.45) is 1.85. The summed E-state index contributed by atoms with van der Waals surface area (Å²) in [6, 6.07) is 16.7. The number of aliphatic hydroxyl groups is 1. The van der Waals surface area contributed by atoms with E-state index in [0.717, 1.165) is 10.7 Å². The Bertz CT molecular complexity index is 787. The standard InChI is InChI=1S/C19H19FN2OS/c1-14(16-5-3-2-4-6-16)24-19-21-18(13-23)12-22(19)11-15-7-9-17(20)10-8-15/h2-10,12,14,23H,11,13H2,1H3. The molecule has 0 spiro atoms. The van der Waals surface area contributed by atoms with Crippen LogP contribution in [0.1, 0.15) is 29.0 Å². The highest BCUT2D eigenvalue weighted by Gasteiger charge is 2.14. The number of hydrogen-bond acceptors (Lipinski definition) is 3. The van der Waals surface area contributed by atoms with E-state index >= 15 is 0 Å². The van der Waals surface area contributed by atoms with Crippen LogP contribution in [-0.2, 0) is 13.2 Å². The van der Waals surface area contributed by atoms with Crippen LogP contribution in [0, 0.1) is 5.82 Å². The van der Waals surface area contributed by atoms with Crippen LogP contribution in [0.2, 0.25) is 0 Å². The molecule has 1 aromatic heterocycles. The first-order chi connectivity index (χ1) is 11.7. The van der Waals surface area contributed by atoms with Crippen LogP contribution in [-0.4, -0.2) is 14.7 Å². The summed E-state index contributed by atoms with van der Waals surface area (Å²) in [7, 11) is 0. The Morgan fingerprint density at radius 1 is 1.12 bits per heavy atom. The van der Waals surface area contributed by atoms with Gasteiger partial charge < -0.3 is 9.67 Å².